The maximum Gasteiger partial charge on any atom is 0.280 e. The minimum atomic E-state index is -2.65. The molecule has 0 saturated carbocycles. The van der Waals surface area contributed by atoms with E-state index in [9.17, 15) is 8.78 Å². The van der Waals surface area contributed by atoms with E-state index in [1.807, 2.05) is 6.92 Å². The summed E-state index contributed by atoms with van der Waals surface area (Å²) in [6.07, 6.45) is -2.65. The van der Waals surface area contributed by atoms with Gasteiger partial charge in [0.1, 0.15) is 5.69 Å². The second-order valence-corrected chi connectivity index (χ2v) is 4.23. The smallest absolute Gasteiger partial charge is 0.245 e. The molecule has 1 aromatic carbocycles. The van der Waals surface area contributed by atoms with E-state index < -0.39 is 6.43 Å². The standard InChI is InChI=1S/C11H7Cl2F2N/c1-5-2-3-6(12)10-9(5)7(13)4-8(16-10)11(14)15/h2-4,11H,1H3. The number of hydrogen-bond acceptors (Lipinski definition) is 1. The minimum Gasteiger partial charge on any atom is -0.245 e. The van der Waals surface area contributed by atoms with Gasteiger partial charge in [0, 0.05) is 5.39 Å². The van der Waals surface area contributed by atoms with Gasteiger partial charge in [-0.25, -0.2) is 13.8 Å². The normalized spacial score (nSPS) is 11.4. The molecule has 0 aliphatic heterocycles. The van der Waals surface area contributed by atoms with Crippen LogP contribution in [0, 0.1) is 6.92 Å². The lowest BCUT2D eigenvalue weighted by Gasteiger charge is -2.08. The largest absolute Gasteiger partial charge is 0.280 e. The van der Waals surface area contributed by atoms with Crippen LogP contribution < -0.4 is 0 Å². The van der Waals surface area contributed by atoms with E-state index in [2.05, 4.69) is 4.98 Å². The first-order valence-electron chi connectivity index (χ1n) is 4.54. The van der Waals surface area contributed by atoms with Crippen molar-refractivity contribution >= 4 is 34.1 Å². The van der Waals surface area contributed by atoms with E-state index in [1.165, 1.54) is 6.07 Å². The predicted molar refractivity (Wildman–Crippen MR) is 61.5 cm³/mol. The Labute approximate surface area is 101 Å². The Morgan fingerprint density at radius 2 is 1.88 bits per heavy atom. The number of rotatable bonds is 1. The van der Waals surface area contributed by atoms with Crippen LogP contribution in [0.4, 0.5) is 8.78 Å². The van der Waals surface area contributed by atoms with Crippen molar-refractivity contribution in [3.8, 4) is 0 Å². The summed E-state index contributed by atoms with van der Waals surface area (Å²) in [7, 11) is 0. The molecule has 0 aliphatic rings. The molecule has 0 spiro atoms. The molecule has 0 fully saturated rings. The van der Waals surface area contributed by atoms with Gasteiger partial charge in [-0.15, -0.1) is 0 Å². The summed E-state index contributed by atoms with van der Waals surface area (Å²) in [4.78, 5) is 3.83. The summed E-state index contributed by atoms with van der Waals surface area (Å²) in [5, 5.41) is 1.20. The lowest BCUT2D eigenvalue weighted by molar-refractivity contribution is 0.146. The van der Waals surface area contributed by atoms with Crippen molar-refractivity contribution in [3.05, 3.63) is 39.5 Å². The number of hydrogen-bond donors (Lipinski definition) is 0. The van der Waals surface area contributed by atoms with Crippen molar-refractivity contribution in [1.29, 1.82) is 0 Å². The van der Waals surface area contributed by atoms with Gasteiger partial charge in [0.2, 0.25) is 0 Å². The van der Waals surface area contributed by atoms with Crippen LogP contribution in [0.25, 0.3) is 10.9 Å². The van der Waals surface area contributed by atoms with Gasteiger partial charge < -0.3 is 0 Å². The molecule has 0 atom stereocenters. The molecule has 1 aromatic heterocycles. The van der Waals surface area contributed by atoms with Gasteiger partial charge in [-0.05, 0) is 24.6 Å². The molecule has 0 amide bonds. The Bertz CT molecular complexity index is 555. The van der Waals surface area contributed by atoms with E-state index in [1.54, 1.807) is 12.1 Å². The highest BCUT2D eigenvalue weighted by Crippen LogP contribution is 2.33. The number of pyridine rings is 1. The van der Waals surface area contributed by atoms with Crippen LogP contribution in [0.1, 0.15) is 17.7 Å². The first-order chi connectivity index (χ1) is 7.50. The molecule has 0 N–H and O–H groups in total. The number of benzene rings is 1. The molecule has 0 aliphatic carbocycles. The van der Waals surface area contributed by atoms with Crippen LogP contribution in [-0.4, -0.2) is 4.98 Å². The van der Waals surface area contributed by atoms with Crippen LogP contribution in [0.15, 0.2) is 18.2 Å². The van der Waals surface area contributed by atoms with Crippen molar-refractivity contribution in [1.82, 2.24) is 4.98 Å². The summed E-state index contributed by atoms with van der Waals surface area (Å²) in [5.41, 5.74) is 0.826. The Morgan fingerprint density at radius 1 is 1.19 bits per heavy atom. The van der Waals surface area contributed by atoms with Crippen molar-refractivity contribution in [2.45, 2.75) is 13.3 Å². The third-order valence-corrected chi connectivity index (χ3v) is 2.92. The summed E-state index contributed by atoms with van der Waals surface area (Å²) < 4.78 is 25.1. The summed E-state index contributed by atoms with van der Waals surface area (Å²) >= 11 is 11.9. The summed E-state index contributed by atoms with van der Waals surface area (Å²) in [5.74, 6) is 0. The van der Waals surface area contributed by atoms with E-state index in [0.29, 0.717) is 15.9 Å². The molecule has 16 heavy (non-hydrogen) atoms. The van der Waals surface area contributed by atoms with Gasteiger partial charge in [-0.1, -0.05) is 29.3 Å². The number of halogens is 4. The Balaban J connectivity index is 2.86. The average molecular weight is 262 g/mol. The molecule has 0 unspecified atom stereocenters. The van der Waals surface area contributed by atoms with Gasteiger partial charge in [-0.3, -0.25) is 0 Å². The maximum absolute atomic E-state index is 12.5. The predicted octanol–water partition coefficient (Wildman–Crippen LogP) is 4.79. The second kappa shape index (κ2) is 4.15. The highest BCUT2D eigenvalue weighted by Gasteiger charge is 2.15. The summed E-state index contributed by atoms with van der Waals surface area (Å²) in [6, 6.07) is 4.58. The van der Waals surface area contributed by atoms with Crippen molar-refractivity contribution in [2.75, 3.05) is 0 Å². The van der Waals surface area contributed by atoms with E-state index >= 15 is 0 Å². The van der Waals surface area contributed by atoms with Crippen molar-refractivity contribution < 1.29 is 8.78 Å². The third-order valence-electron chi connectivity index (χ3n) is 2.31. The third kappa shape index (κ3) is 1.85. The van der Waals surface area contributed by atoms with Gasteiger partial charge in [-0.2, -0.15) is 0 Å². The van der Waals surface area contributed by atoms with Crippen molar-refractivity contribution in [3.63, 3.8) is 0 Å². The lowest BCUT2D eigenvalue weighted by Crippen LogP contribution is -1.93. The fourth-order valence-corrected chi connectivity index (χ4v) is 2.10. The highest BCUT2D eigenvalue weighted by atomic mass is 35.5. The minimum absolute atomic E-state index is 0.250. The molecule has 5 heteroatoms. The SMILES string of the molecule is Cc1ccc(Cl)c2nc(C(F)F)cc(Cl)c12. The zero-order valence-electron chi connectivity index (χ0n) is 8.27. The molecule has 84 valence electrons. The zero-order chi connectivity index (χ0) is 11.9. The molecule has 0 bridgehead atoms. The highest BCUT2D eigenvalue weighted by molar-refractivity contribution is 6.39. The van der Waals surface area contributed by atoms with E-state index in [-0.39, 0.29) is 10.7 Å². The van der Waals surface area contributed by atoms with Crippen molar-refractivity contribution in [2.24, 2.45) is 0 Å². The Morgan fingerprint density at radius 3 is 2.50 bits per heavy atom. The van der Waals surface area contributed by atoms with Crippen LogP contribution in [0.5, 0.6) is 0 Å². The number of alkyl halides is 2. The fourth-order valence-electron chi connectivity index (χ4n) is 1.55. The van der Waals surface area contributed by atoms with E-state index in [0.717, 1.165) is 5.56 Å². The molecule has 0 saturated heterocycles. The first kappa shape index (κ1) is 11.6. The monoisotopic (exact) mass is 261 g/mol. The van der Waals surface area contributed by atoms with Gasteiger partial charge >= 0.3 is 0 Å². The number of nitrogens with zero attached hydrogens (tertiary/aromatic N) is 1. The Hall–Kier alpha value is -0.930. The first-order valence-corrected chi connectivity index (χ1v) is 5.29. The molecule has 0 radical (unpaired) electrons. The topological polar surface area (TPSA) is 12.9 Å². The molecule has 1 nitrogen and oxygen atoms in total. The number of aromatic nitrogens is 1. The summed E-state index contributed by atoms with van der Waals surface area (Å²) in [6.45, 7) is 1.83. The molecule has 1 heterocycles. The van der Waals surface area contributed by atoms with Crippen LogP contribution in [0.2, 0.25) is 10.0 Å². The van der Waals surface area contributed by atoms with Crippen LogP contribution >= 0.6 is 23.2 Å². The van der Waals surface area contributed by atoms with Gasteiger partial charge in [0.15, 0.2) is 0 Å². The van der Waals surface area contributed by atoms with Gasteiger partial charge in [0.25, 0.3) is 6.43 Å². The second-order valence-electron chi connectivity index (χ2n) is 3.42. The zero-order valence-corrected chi connectivity index (χ0v) is 9.78. The van der Waals surface area contributed by atoms with Gasteiger partial charge in [0.05, 0.1) is 15.6 Å². The average Bonchev–Trinajstić information content (AvgIpc) is 2.22. The van der Waals surface area contributed by atoms with Crippen LogP contribution in [-0.2, 0) is 0 Å². The molecular formula is C11H7Cl2F2N. The Kier molecular flexibility index (Phi) is 3.00. The van der Waals surface area contributed by atoms with E-state index in [4.69, 9.17) is 23.2 Å². The quantitative estimate of drug-likeness (QED) is 0.720. The molecular weight excluding hydrogens is 255 g/mol. The number of aryl methyl sites for hydroxylation is 1. The fraction of sp³-hybridized carbons (Fsp3) is 0.182. The van der Waals surface area contributed by atoms with Crippen LogP contribution in [0.3, 0.4) is 0 Å². The number of fused-ring (bicyclic) bond motifs is 1. The molecule has 2 rings (SSSR count). The lowest BCUT2D eigenvalue weighted by atomic mass is 10.1. The molecule has 2 aromatic rings. The maximum atomic E-state index is 12.5.